The lowest BCUT2D eigenvalue weighted by atomic mass is 10.2. The molecule has 42 heavy (non-hydrogen) atoms. The number of rotatable bonds is 20. The Bertz CT molecular complexity index is 1050. The van der Waals surface area contributed by atoms with E-state index in [1.165, 1.54) is 7.11 Å². The van der Waals surface area contributed by atoms with Gasteiger partial charge >= 0.3 is 12.1 Å². The van der Waals surface area contributed by atoms with Gasteiger partial charge in [0.05, 0.1) is 39.2 Å². The van der Waals surface area contributed by atoms with Crippen molar-refractivity contribution in [2.24, 2.45) is 0 Å². The number of aliphatic hydroxyl groups excluding tert-OH is 1. The Morgan fingerprint density at radius 3 is 2.43 bits per heavy atom. The van der Waals surface area contributed by atoms with Crippen LogP contribution in [-0.4, -0.2) is 104 Å². The van der Waals surface area contributed by atoms with E-state index in [9.17, 15) is 14.7 Å². The highest BCUT2D eigenvalue weighted by Gasteiger charge is 2.16. The zero-order valence-electron chi connectivity index (χ0n) is 25.1. The minimum atomic E-state index is -0.547. The molecule has 0 bridgehead atoms. The van der Waals surface area contributed by atoms with Crippen LogP contribution in [0.2, 0.25) is 0 Å². The molecule has 2 N–H and O–H groups in total. The second kappa shape index (κ2) is 20.1. The molecule has 2 aromatic rings. The molecule has 2 rings (SSSR count). The molecule has 0 atom stereocenters. The Labute approximate surface area is 253 Å². The Kier molecular flexibility index (Phi) is 16.9. The summed E-state index contributed by atoms with van der Waals surface area (Å²) in [7, 11) is 1.33. The van der Waals surface area contributed by atoms with Gasteiger partial charge in [-0.3, -0.25) is 10.2 Å². The molecule has 0 aliphatic carbocycles. The first-order valence-corrected chi connectivity index (χ1v) is 15.2. The van der Waals surface area contributed by atoms with E-state index in [-0.39, 0.29) is 12.3 Å². The number of amides is 1. The van der Waals surface area contributed by atoms with Crippen LogP contribution in [-0.2, 0) is 25.5 Å². The van der Waals surface area contributed by atoms with Crippen LogP contribution in [0.5, 0.6) is 5.75 Å². The summed E-state index contributed by atoms with van der Waals surface area (Å²) in [6, 6.07) is 12.3. The molecular weight excluding hydrogens is 562 g/mol. The molecule has 1 heterocycles. The number of aliphatic hydroxyl groups is 1. The normalized spacial score (nSPS) is 11.4. The zero-order chi connectivity index (χ0) is 30.6. The topological polar surface area (TPSA) is 129 Å². The minimum absolute atomic E-state index is 0.0315. The minimum Gasteiger partial charge on any atom is -0.491 e. The molecule has 12 heteroatoms. The first-order valence-electron chi connectivity index (χ1n) is 14.0. The van der Waals surface area contributed by atoms with Gasteiger partial charge in [-0.2, -0.15) is 11.8 Å². The van der Waals surface area contributed by atoms with Gasteiger partial charge in [0.2, 0.25) is 0 Å². The number of carbonyl (C=O) groups excluding carboxylic acids is 2. The van der Waals surface area contributed by atoms with Crippen LogP contribution >= 0.6 is 11.8 Å². The molecule has 0 aliphatic heterocycles. The molecule has 0 saturated carbocycles. The maximum atomic E-state index is 11.8. The molecule has 11 nitrogen and oxygen atoms in total. The largest absolute Gasteiger partial charge is 0.491 e. The predicted octanol–water partition coefficient (Wildman–Crippen LogP) is 4.25. The average molecular weight is 608 g/mol. The quantitative estimate of drug-likeness (QED) is 0.166. The molecule has 1 aromatic carbocycles. The van der Waals surface area contributed by atoms with Crippen molar-refractivity contribution >= 4 is 29.5 Å². The number of methoxy groups -OCH3 is 1. The van der Waals surface area contributed by atoms with Crippen molar-refractivity contribution in [2.75, 3.05) is 76.7 Å². The molecule has 1 aromatic heterocycles. The molecular formula is C30H45N3O8S. The maximum Gasteiger partial charge on any atom is 0.412 e. The first kappa shape index (κ1) is 35.3. The van der Waals surface area contributed by atoms with E-state index in [0.717, 1.165) is 23.6 Å². The molecule has 0 saturated heterocycles. The zero-order valence-corrected chi connectivity index (χ0v) is 26.0. The molecule has 1 amide bonds. The predicted molar refractivity (Wildman–Crippen MR) is 163 cm³/mol. The van der Waals surface area contributed by atoms with Crippen LogP contribution in [0.1, 0.15) is 43.4 Å². The standard InChI is InChI=1S/C30H45N3O8S/c1-30(2,3)41-29(36)32-24-9-11-26(12-10-24)40-19-18-39-20-22-42-21-6-16-38-17-14-33(13-15-34)23-25-7-5-8-27(31-25)28(35)37-4/h5,7-12,34H,6,13-23H2,1-4H3,(H,32,36). The number of benzene rings is 1. The van der Waals surface area contributed by atoms with Crippen LogP contribution in [0.15, 0.2) is 42.5 Å². The third-order valence-electron chi connectivity index (χ3n) is 5.50. The molecule has 0 aliphatic rings. The summed E-state index contributed by atoms with van der Waals surface area (Å²) in [4.78, 5) is 29.9. The number of nitrogens with zero attached hydrogens (tertiary/aromatic N) is 2. The molecule has 0 spiro atoms. The Hall–Kier alpha value is -2.90. The van der Waals surface area contributed by atoms with Crippen LogP contribution in [0.4, 0.5) is 10.5 Å². The third kappa shape index (κ3) is 15.9. The molecule has 234 valence electrons. The van der Waals surface area contributed by atoms with Crippen LogP contribution in [0.25, 0.3) is 0 Å². The van der Waals surface area contributed by atoms with Gasteiger partial charge < -0.3 is 28.8 Å². The number of hydrogen-bond donors (Lipinski definition) is 2. The van der Waals surface area contributed by atoms with Gasteiger partial charge in [0, 0.05) is 37.7 Å². The van der Waals surface area contributed by atoms with E-state index in [2.05, 4.69) is 10.3 Å². The van der Waals surface area contributed by atoms with Gasteiger partial charge in [-0.15, -0.1) is 0 Å². The molecule has 0 radical (unpaired) electrons. The highest BCUT2D eigenvalue weighted by atomic mass is 32.2. The van der Waals surface area contributed by atoms with E-state index in [1.54, 1.807) is 36.4 Å². The van der Waals surface area contributed by atoms with E-state index in [1.807, 2.05) is 43.5 Å². The van der Waals surface area contributed by atoms with Gasteiger partial charge in [0.25, 0.3) is 0 Å². The van der Waals surface area contributed by atoms with E-state index >= 15 is 0 Å². The Morgan fingerprint density at radius 1 is 0.952 bits per heavy atom. The van der Waals surface area contributed by atoms with Crippen LogP contribution < -0.4 is 10.1 Å². The van der Waals surface area contributed by atoms with E-state index in [0.29, 0.717) is 64.1 Å². The van der Waals surface area contributed by atoms with Gasteiger partial charge in [-0.1, -0.05) is 6.07 Å². The number of pyridine rings is 1. The Balaban J connectivity index is 1.46. The number of aromatic nitrogens is 1. The highest BCUT2D eigenvalue weighted by Crippen LogP contribution is 2.17. The SMILES string of the molecule is COC(=O)c1cccc(CN(CCO)CCOCCCSCCOCCOc2ccc(NC(=O)OC(C)(C)C)cc2)n1. The number of ether oxygens (including phenoxy) is 5. The fraction of sp³-hybridized carbons (Fsp3) is 0.567. The van der Waals surface area contributed by atoms with E-state index in [4.69, 9.17) is 23.7 Å². The number of hydrogen-bond acceptors (Lipinski definition) is 11. The van der Waals surface area contributed by atoms with Crippen molar-refractivity contribution in [3.63, 3.8) is 0 Å². The summed E-state index contributed by atoms with van der Waals surface area (Å²) in [5.74, 6) is 2.11. The number of carbonyl (C=O) groups is 2. The lowest BCUT2D eigenvalue weighted by Crippen LogP contribution is -2.30. The summed E-state index contributed by atoms with van der Waals surface area (Å²) in [6.07, 6.45) is 0.446. The summed E-state index contributed by atoms with van der Waals surface area (Å²) in [6.45, 7) is 9.93. The maximum absolute atomic E-state index is 11.8. The highest BCUT2D eigenvalue weighted by molar-refractivity contribution is 7.99. The number of thioether (sulfide) groups is 1. The summed E-state index contributed by atoms with van der Waals surface area (Å²) in [5.41, 5.74) is 1.09. The van der Waals surface area contributed by atoms with Crippen molar-refractivity contribution in [1.82, 2.24) is 9.88 Å². The third-order valence-corrected chi connectivity index (χ3v) is 6.53. The molecule has 0 unspecified atom stereocenters. The van der Waals surface area contributed by atoms with Crippen LogP contribution in [0.3, 0.4) is 0 Å². The van der Waals surface area contributed by atoms with Crippen molar-refractivity contribution in [3.05, 3.63) is 53.9 Å². The number of anilines is 1. The summed E-state index contributed by atoms with van der Waals surface area (Å²) >= 11 is 1.82. The van der Waals surface area contributed by atoms with Crippen molar-refractivity contribution < 1.29 is 38.4 Å². The summed E-state index contributed by atoms with van der Waals surface area (Å²) < 4.78 is 27.1. The van der Waals surface area contributed by atoms with Gasteiger partial charge in [-0.25, -0.2) is 14.6 Å². The Morgan fingerprint density at radius 2 is 1.71 bits per heavy atom. The second-order valence-electron chi connectivity index (χ2n) is 10.2. The van der Waals surface area contributed by atoms with E-state index < -0.39 is 17.7 Å². The van der Waals surface area contributed by atoms with Gasteiger partial charge in [0.15, 0.2) is 0 Å². The summed E-state index contributed by atoms with van der Waals surface area (Å²) in [5, 5.41) is 12.1. The average Bonchev–Trinajstić information content (AvgIpc) is 2.95. The first-order chi connectivity index (χ1) is 20.2. The van der Waals surface area contributed by atoms with Crippen molar-refractivity contribution in [3.8, 4) is 5.75 Å². The smallest absolute Gasteiger partial charge is 0.412 e. The number of esters is 1. The number of nitrogens with one attached hydrogen (secondary N) is 1. The van der Waals surface area contributed by atoms with Crippen molar-refractivity contribution in [2.45, 2.75) is 39.3 Å². The van der Waals surface area contributed by atoms with Gasteiger partial charge in [0.1, 0.15) is 23.7 Å². The van der Waals surface area contributed by atoms with Crippen molar-refractivity contribution in [1.29, 1.82) is 0 Å². The van der Waals surface area contributed by atoms with Crippen LogP contribution in [0, 0.1) is 0 Å². The van der Waals surface area contributed by atoms with Gasteiger partial charge in [-0.05, 0) is 69.3 Å². The lowest BCUT2D eigenvalue weighted by Gasteiger charge is -2.21. The fourth-order valence-electron chi connectivity index (χ4n) is 3.58. The fourth-order valence-corrected chi connectivity index (χ4v) is 4.34. The second-order valence-corrected chi connectivity index (χ2v) is 11.4. The lowest BCUT2D eigenvalue weighted by molar-refractivity contribution is 0.0590. The monoisotopic (exact) mass is 607 g/mol. The molecule has 0 fully saturated rings.